The maximum absolute atomic E-state index is 12.0. The molecule has 1 aromatic carbocycles. The number of carbonyl (C=O) groups is 2. The van der Waals surface area contributed by atoms with Crippen LogP contribution in [0.2, 0.25) is 0 Å². The highest BCUT2D eigenvalue weighted by molar-refractivity contribution is 5.87. The van der Waals surface area contributed by atoms with Gasteiger partial charge < -0.3 is 14.4 Å². The third kappa shape index (κ3) is 5.08. The predicted octanol–water partition coefficient (Wildman–Crippen LogP) is 2.44. The summed E-state index contributed by atoms with van der Waals surface area (Å²) < 4.78 is 10.1. The maximum Gasteiger partial charge on any atom is 0.357 e. The maximum atomic E-state index is 12.0. The largest absolute Gasteiger partial charge is 0.465 e. The van der Waals surface area contributed by atoms with Gasteiger partial charge in [0.25, 0.3) is 0 Å². The minimum absolute atomic E-state index is 0.118. The van der Waals surface area contributed by atoms with Crippen LogP contribution in [0.3, 0.4) is 0 Å². The first-order valence-corrected chi connectivity index (χ1v) is 7.64. The number of hydrogen-bond acceptors (Lipinski definition) is 6. The molecule has 24 heavy (non-hydrogen) atoms. The number of aromatic nitrogens is 1. The van der Waals surface area contributed by atoms with E-state index in [0.717, 1.165) is 5.56 Å². The van der Waals surface area contributed by atoms with E-state index in [9.17, 15) is 9.59 Å². The van der Waals surface area contributed by atoms with Crippen molar-refractivity contribution in [3.05, 3.63) is 59.9 Å². The van der Waals surface area contributed by atoms with Crippen LogP contribution in [0.4, 0.5) is 5.69 Å². The number of rotatable bonds is 7. The van der Waals surface area contributed by atoms with Gasteiger partial charge in [-0.3, -0.25) is 4.79 Å². The van der Waals surface area contributed by atoms with Crippen LogP contribution in [0.5, 0.6) is 0 Å². The number of pyridine rings is 1. The van der Waals surface area contributed by atoms with E-state index < -0.39 is 5.97 Å². The van der Waals surface area contributed by atoms with Crippen LogP contribution in [0, 0.1) is 0 Å². The van der Waals surface area contributed by atoms with Gasteiger partial charge in [0.05, 0.1) is 18.5 Å². The molecule has 0 amide bonds. The van der Waals surface area contributed by atoms with Crippen molar-refractivity contribution in [1.82, 2.24) is 4.98 Å². The van der Waals surface area contributed by atoms with Crippen LogP contribution in [0.25, 0.3) is 0 Å². The van der Waals surface area contributed by atoms with Crippen LogP contribution in [-0.2, 0) is 20.9 Å². The van der Waals surface area contributed by atoms with Crippen LogP contribution >= 0.6 is 0 Å². The molecule has 2 aromatic rings. The Morgan fingerprint density at radius 2 is 1.83 bits per heavy atom. The number of benzene rings is 1. The second-order valence-electron chi connectivity index (χ2n) is 5.12. The molecular weight excluding hydrogens is 308 g/mol. The van der Waals surface area contributed by atoms with Crippen LogP contribution in [-0.4, -0.2) is 37.1 Å². The first kappa shape index (κ1) is 17.5. The Bertz CT molecular complexity index is 671. The van der Waals surface area contributed by atoms with Gasteiger partial charge in [-0.15, -0.1) is 0 Å². The highest BCUT2D eigenvalue weighted by Crippen LogP contribution is 2.12. The van der Waals surface area contributed by atoms with Gasteiger partial charge >= 0.3 is 11.9 Å². The molecule has 0 saturated heterocycles. The smallest absolute Gasteiger partial charge is 0.357 e. The normalized spacial score (nSPS) is 10.1. The molecule has 0 atom stereocenters. The molecule has 2 rings (SSSR count). The molecule has 1 heterocycles. The molecule has 0 saturated carbocycles. The first-order chi connectivity index (χ1) is 11.6. The lowest BCUT2D eigenvalue weighted by atomic mass is 10.2. The van der Waals surface area contributed by atoms with Crippen molar-refractivity contribution in [3.8, 4) is 0 Å². The van der Waals surface area contributed by atoms with E-state index >= 15 is 0 Å². The lowest BCUT2D eigenvalue weighted by molar-refractivity contribution is -0.141. The van der Waals surface area contributed by atoms with E-state index in [-0.39, 0.29) is 24.8 Å². The fourth-order valence-electron chi connectivity index (χ4n) is 2.02. The summed E-state index contributed by atoms with van der Waals surface area (Å²) in [5.74, 6) is -0.801. The molecule has 0 radical (unpaired) electrons. The Kier molecular flexibility index (Phi) is 6.31. The molecule has 0 spiro atoms. The van der Waals surface area contributed by atoms with Gasteiger partial charge in [-0.1, -0.05) is 30.3 Å². The fourth-order valence-corrected chi connectivity index (χ4v) is 2.02. The van der Waals surface area contributed by atoms with Crippen molar-refractivity contribution in [2.45, 2.75) is 13.5 Å². The van der Waals surface area contributed by atoms with Crippen molar-refractivity contribution in [2.24, 2.45) is 0 Å². The number of carbonyl (C=O) groups excluding carboxylic acids is 2. The third-order valence-electron chi connectivity index (χ3n) is 3.28. The molecule has 0 aliphatic heterocycles. The first-order valence-electron chi connectivity index (χ1n) is 7.64. The summed E-state index contributed by atoms with van der Waals surface area (Å²) in [5.41, 5.74) is 1.85. The molecule has 126 valence electrons. The van der Waals surface area contributed by atoms with Crippen molar-refractivity contribution in [1.29, 1.82) is 0 Å². The van der Waals surface area contributed by atoms with Gasteiger partial charge in [0.15, 0.2) is 0 Å². The molecule has 0 N–H and O–H groups in total. The fraction of sp³-hybridized carbons (Fsp3) is 0.278. The van der Waals surface area contributed by atoms with Crippen LogP contribution < -0.4 is 4.90 Å². The molecule has 0 aliphatic rings. The molecule has 6 nitrogen and oxygen atoms in total. The Morgan fingerprint density at radius 1 is 1.08 bits per heavy atom. The van der Waals surface area contributed by atoms with Gasteiger partial charge in [0.1, 0.15) is 18.8 Å². The molecule has 0 aliphatic carbocycles. The number of esters is 2. The average Bonchev–Trinajstić information content (AvgIpc) is 2.61. The van der Waals surface area contributed by atoms with E-state index in [0.29, 0.717) is 12.3 Å². The van der Waals surface area contributed by atoms with Gasteiger partial charge in [-0.2, -0.15) is 0 Å². The summed E-state index contributed by atoms with van der Waals surface area (Å²) >= 11 is 0. The standard InChI is InChI=1S/C18H20N2O4/c1-3-23-17(21)12-20(2)15-9-10-16(19-11-15)18(22)24-13-14-7-5-4-6-8-14/h4-11H,3,12-13H2,1-2H3. The lowest BCUT2D eigenvalue weighted by Gasteiger charge is -2.17. The number of hydrogen-bond donors (Lipinski definition) is 0. The van der Waals surface area contributed by atoms with Crippen LogP contribution in [0.1, 0.15) is 23.0 Å². The molecule has 0 unspecified atom stereocenters. The Morgan fingerprint density at radius 3 is 2.46 bits per heavy atom. The Balaban J connectivity index is 1.91. The highest BCUT2D eigenvalue weighted by Gasteiger charge is 2.12. The van der Waals surface area contributed by atoms with E-state index in [1.165, 1.54) is 6.20 Å². The van der Waals surface area contributed by atoms with Crippen LogP contribution in [0.15, 0.2) is 48.7 Å². The van der Waals surface area contributed by atoms with Crippen molar-refractivity contribution in [2.75, 3.05) is 25.1 Å². The minimum atomic E-state index is -0.488. The zero-order valence-corrected chi connectivity index (χ0v) is 13.8. The molecule has 0 fully saturated rings. The molecular formula is C18H20N2O4. The SMILES string of the molecule is CCOC(=O)CN(C)c1ccc(C(=O)OCc2ccccc2)nc1. The van der Waals surface area contributed by atoms with Gasteiger partial charge in [0, 0.05) is 7.05 Å². The molecule has 6 heteroatoms. The van der Waals surface area contributed by atoms with E-state index in [1.807, 2.05) is 30.3 Å². The Labute approximate surface area is 141 Å². The number of ether oxygens (including phenoxy) is 2. The number of likely N-dealkylation sites (N-methyl/N-ethyl adjacent to an activating group) is 1. The lowest BCUT2D eigenvalue weighted by Crippen LogP contribution is -2.27. The van der Waals surface area contributed by atoms with Gasteiger partial charge in [0.2, 0.25) is 0 Å². The van der Waals surface area contributed by atoms with Crippen molar-refractivity contribution < 1.29 is 19.1 Å². The number of anilines is 1. The summed E-state index contributed by atoms with van der Waals surface area (Å²) in [7, 11) is 1.75. The minimum Gasteiger partial charge on any atom is -0.465 e. The second kappa shape index (κ2) is 8.67. The summed E-state index contributed by atoms with van der Waals surface area (Å²) in [6.07, 6.45) is 1.53. The molecule has 1 aromatic heterocycles. The van der Waals surface area contributed by atoms with E-state index in [1.54, 1.807) is 31.0 Å². The predicted molar refractivity (Wildman–Crippen MR) is 89.7 cm³/mol. The zero-order valence-electron chi connectivity index (χ0n) is 13.8. The average molecular weight is 328 g/mol. The molecule has 0 bridgehead atoms. The van der Waals surface area contributed by atoms with E-state index in [4.69, 9.17) is 9.47 Å². The van der Waals surface area contributed by atoms with Gasteiger partial charge in [-0.25, -0.2) is 9.78 Å². The quantitative estimate of drug-likeness (QED) is 0.727. The Hall–Kier alpha value is -2.89. The zero-order chi connectivity index (χ0) is 17.4. The number of nitrogens with zero attached hydrogens (tertiary/aromatic N) is 2. The second-order valence-corrected chi connectivity index (χ2v) is 5.12. The summed E-state index contributed by atoms with van der Waals surface area (Å²) in [6, 6.07) is 12.7. The highest BCUT2D eigenvalue weighted by atomic mass is 16.5. The summed E-state index contributed by atoms with van der Waals surface area (Å²) in [4.78, 5) is 29.2. The summed E-state index contributed by atoms with van der Waals surface area (Å²) in [6.45, 7) is 2.42. The third-order valence-corrected chi connectivity index (χ3v) is 3.28. The monoisotopic (exact) mass is 328 g/mol. The summed E-state index contributed by atoms with van der Waals surface area (Å²) in [5, 5.41) is 0. The topological polar surface area (TPSA) is 68.7 Å². The van der Waals surface area contributed by atoms with E-state index in [2.05, 4.69) is 4.98 Å². The van der Waals surface area contributed by atoms with Crippen molar-refractivity contribution in [3.63, 3.8) is 0 Å². The van der Waals surface area contributed by atoms with Crippen molar-refractivity contribution >= 4 is 17.6 Å². The van der Waals surface area contributed by atoms with Gasteiger partial charge in [-0.05, 0) is 24.6 Å².